The van der Waals surface area contributed by atoms with Gasteiger partial charge in [0.25, 0.3) is 0 Å². The van der Waals surface area contributed by atoms with Gasteiger partial charge in [-0.1, -0.05) is 206 Å². The molecule has 0 aliphatic heterocycles. The minimum absolute atomic E-state index is 0.246. The van der Waals surface area contributed by atoms with E-state index >= 15 is 0 Å². The first-order valence-corrected chi connectivity index (χ1v) is 33.0. The van der Waals surface area contributed by atoms with Gasteiger partial charge in [-0.3, -0.25) is 0 Å². The maximum atomic E-state index is 2.51. The maximum absolute atomic E-state index is 2.51. The average molecular weight is 1200 g/mol. The first-order valence-electron chi connectivity index (χ1n) is 33.0. The number of nitrogens with zero attached hydrogens (tertiary/aromatic N) is 4. The zero-order valence-electron chi connectivity index (χ0n) is 52.1. The highest BCUT2D eigenvalue weighted by Crippen LogP contribution is 2.60. The molecule has 4 heteroatoms. The van der Waals surface area contributed by atoms with Crippen LogP contribution in [0.2, 0.25) is 0 Å². The van der Waals surface area contributed by atoms with E-state index in [1.54, 1.807) is 0 Å². The van der Waals surface area contributed by atoms with Gasteiger partial charge in [-0.25, -0.2) is 0 Å². The molecular weight excluding hydrogens is 1140 g/mol. The number of hydrogen-bond donors (Lipinski definition) is 0. The number of anilines is 12. The van der Waals surface area contributed by atoms with E-state index in [2.05, 4.69) is 371 Å². The topological polar surface area (TPSA) is 13.0 Å². The molecule has 2 spiro atoms. The third kappa shape index (κ3) is 9.19. The molecule has 4 nitrogen and oxygen atoms in total. The second kappa shape index (κ2) is 22.6. The van der Waals surface area contributed by atoms with Crippen molar-refractivity contribution in [3.8, 4) is 33.4 Å². The highest BCUT2D eigenvalue weighted by Gasteiger charge is 2.49. The number of hydrogen-bond acceptors (Lipinski definition) is 4. The smallest absolute Gasteiger partial charge is 0.0465 e. The predicted octanol–water partition coefficient (Wildman–Crippen LogP) is 23.4. The third-order valence-electron chi connectivity index (χ3n) is 20.6. The lowest BCUT2D eigenvalue weighted by atomic mass is 9.75. The van der Waals surface area contributed by atoms with Crippen molar-refractivity contribution < 1.29 is 0 Å². The van der Waals surface area contributed by atoms with E-state index in [1.165, 1.54) is 66.8 Å². The van der Waals surface area contributed by atoms with E-state index in [4.69, 9.17) is 0 Å². The average Bonchev–Trinajstić information content (AvgIpc) is 1.55. The first kappa shape index (κ1) is 55.1. The van der Waals surface area contributed by atoms with Crippen LogP contribution in [0.15, 0.2) is 352 Å². The summed E-state index contributed by atoms with van der Waals surface area (Å²) < 4.78 is 0. The molecular formula is C90H66N4. The van der Waals surface area contributed by atoms with Crippen molar-refractivity contribution in [2.24, 2.45) is 0 Å². The van der Waals surface area contributed by atoms with Gasteiger partial charge in [0.1, 0.15) is 0 Å². The standard InChI is InChI=1S/C90H66N4/c1-7-27-69(28-8-1)91(70-29-9-2-10-30-70)77-47-51-81-83-53-49-79(57-87(83)89(85(81)55-77)59-65-23-19-20-24-66(65)60-89)93(73-35-15-5-16-36-73)75-43-39-63(40-44-75)64-41-45-76(46-42-64)94(74-37-17-6-18-38-74)80-50-54-84-82-52-48-78(92(71-31-11-3-12-32-71)72-33-13-4-14-34-72)56-86(82)90(88(84)58-80)61-67-25-21-22-26-68(67)62-90/h1-58H,59-62H2. The third-order valence-corrected chi connectivity index (χ3v) is 20.6. The van der Waals surface area contributed by atoms with Crippen LogP contribution in [0.3, 0.4) is 0 Å². The Hall–Kier alpha value is -11.7. The van der Waals surface area contributed by atoms with Gasteiger partial charge < -0.3 is 19.6 Å². The summed E-state index contributed by atoms with van der Waals surface area (Å²) in [6, 6.07) is 130. The lowest BCUT2D eigenvalue weighted by Crippen LogP contribution is -2.26. The van der Waals surface area contributed by atoms with E-state index in [0.717, 1.165) is 105 Å². The molecule has 0 N–H and O–H groups in total. The Labute approximate surface area is 550 Å². The van der Waals surface area contributed by atoms with Gasteiger partial charge in [-0.15, -0.1) is 0 Å². The van der Waals surface area contributed by atoms with Crippen molar-refractivity contribution in [2.75, 3.05) is 19.6 Å². The lowest BCUT2D eigenvalue weighted by Gasteiger charge is -2.31. The quantitative estimate of drug-likeness (QED) is 0.114. The molecule has 0 radical (unpaired) electrons. The summed E-state index contributed by atoms with van der Waals surface area (Å²) in [7, 11) is 0. The van der Waals surface area contributed by atoms with Gasteiger partial charge in [0.15, 0.2) is 0 Å². The summed E-state index contributed by atoms with van der Waals surface area (Å²) >= 11 is 0. The number of benzene rings is 14. The van der Waals surface area contributed by atoms with Crippen LogP contribution >= 0.6 is 0 Å². The van der Waals surface area contributed by atoms with Gasteiger partial charge in [0, 0.05) is 79.1 Å². The Morgan fingerprint density at radius 3 is 0.564 bits per heavy atom. The van der Waals surface area contributed by atoms with Crippen molar-refractivity contribution in [3.63, 3.8) is 0 Å². The highest BCUT2D eigenvalue weighted by molar-refractivity contribution is 5.92. The SMILES string of the molecule is c1ccc(N(c2ccccc2)c2ccc3c(c2)C2(Cc4ccccc4C2)c2cc(N(c4ccccc4)c4ccc(-c5ccc(N(c6ccccc6)c6ccc7c(c6)C6(Cc8ccccc8C6)c6cc(N(c8ccccc8)c8ccccc8)ccc6-7)cc5)cc4)ccc2-3)cc1. The fourth-order valence-corrected chi connectivity index (χ4v) is 16.3. The molecule has 0 heterocycles. The molecule has 14 aromatic carbocycles. The van der Waals surface area contributed by atoms with Crippen molar-refractivity contribution in [1.29, 1.82) is 0 Å². The lowest BCUT2D eigenvalue weighted by molar-refractivity contribution is 0.563. The summed E-state index contributed by atoms with van der Waals surface area (Å²) in [5, 5.41) is 0. The van der Waals surface area contributed by atoms with E-state index in [0.29, 0.717) is 0 Å². The minimum atomic E-state index is -0.246. The number of fused-ring (bicyclic) bond motifs is 12. The van der Waals surface area contributed by atoms with Crippen molar-refractivity contribution in [2.45, 2.75) is 36.5 Å². The van der Waals surface area contributed by atoms with Gasteiger partial charge in [0.05, 0.1) is 0 Å². The molecule has 18 rings (SSSR count). The monoisotopic (exact) mass is 1200 g/mol. The highest BCUT2D eigenvalue weighted by atomic mass is 15.2. The van der Waals surface area contributed by atoms with Gasteiger partial charge in [-0.2, -0.15) is 0 Å². The molecule has 446 valence electrons. The van der Waals surface area contributed by atoms with Crippen LogP contribution in [0, 0.1) is 0 Å². The molecule has 4 aliphatic carbocycles. The first-order chi connectivity index (χ1) is 46.5. The van der Waals surface area contributed by atoms with Crippen LogP contribution in [0.5, 0.6) is 0 Å². The van der Waals surface area contributed by atoms with Crippen molar-refractivity contribution in [3.05, 3.63) is 396 Å². The Kier molecular flexibility index (Phi) is 13.3. The fraction of sp³-hybridized carbons (Fsp3) is 0.0667. The van der Waals surface area contributed by atoms with Crippen LogP contribution in [-0.2, 0) is 36.5 Å². The Morgan fingerprint density at radius 1 is 0.170 bits per heavy atom. The Bertz CT molecular complexity index is 4680. The second-order valence-corrected chi connectivity index (χ2v) is 25.8. The van der Waals surface area contributed by atoms with Crippen molar-refractivity contribution in [1.82, 2.24) is 0 Å². The number of rotatable bonds is 13. The summed E-state index contributed by atoms with van der Waals surface area (Å²) in [5.74, 6) is 0. The Balaban J connectivity index is 0.686. The van der Waals surface area contributed by atoms with Crippen LogP contribution in [0.1, 0.15) is 44.5 Å². The molecule has 0 fully saturated rings. The maximum Gasteiger partial charge on any atom is 0.0465 e. The summed E-state index contributed by atoms with van der Waals surface area (Å²) in [4.78, 5) is 9.68. The second-order valence-electron chi connectivity index (χ2n) is 25.8. The molecule has 94 heavy (non-hydrogen) atoms. The van der Waals surface area contributed by atoms with Gasteiger partial charge in [0.2, 0.25) is 0 Å². The molecule has 0 amide bonds. The van der Waals surface area contributed by atoms with Crippen LogP contribution < -0.4 is 19.6 Å². The summed E-state index contributed by atoms with van der Waals surface area (Å²) in [5.41, 5.74) is 32.0. The van der Waals surface area contributed by atoms with Crippen LogP contribution in [-0.4, -0.2) is 0 Å². The van der Waals surface area contributed by atoms with Crippen LogP contribution in [0.25, 0.3) is 33.4 Å². The van der Waals surface area contributed by atoms with E-state index < -0.39 is 0 Å². The van der Waals surface area contributed by atoms with Crippen LogP contribution in [0.4, 0.5) is 68.2 Å². The zero-order chi connectivity index (χ0) is 62.2. The predicted molar refractivity (Wildman–Crippen MR) is 391 cm³/mol. The van der Waals surface area contributed by atoms with E-state index in [1.807, 2.05) is 0 Å². The molecule has 0 atom stereocenters. The summed E-state index contributed by atoms with van der Waals surface area (Å²) in [6.45, 7) is 0. The van der Waals surface area contributed by atoms with Gasteiger partial charge in [-0.05, 0) is 249 Å². The molecule has 14 aromatic rings. The fourth-order valence-electron chi connectivity index (χ4n) is 16.3. The zero-order valence-corrected chi connectivity index (χ0v) is 52.1. The molecule has 4 aliphatic rings. The molecule has 0 bridgehead atoms. The van der Waals surface area contributed by atoms with Gasteiger partial charge >= 0.3 is 0 Å². The molecule has 0 unspecified atom stereocenters. The molecule has 0 saturated heterocycles. The van der Waals surface area contributed by atoms with E-state index in [9.17, 15) is 0 Å². The number of para-hydroxylation sites is 6. The normalized spacial score (nSPS) is 13.7. The largest absolute Gasteiger partial charge is 0.310 e. The van der Waals surface area contributed by atoms with Crippen molar-refractivity contribution >= 4 is 68.2 Å². The molecule has 0 aromatic heterocycles. The Morgan fingerprint density at radius 2 is 0.351 bits per heavy atom. The summed E-state index contributed by atoms with van der Waals surface area (Å²) in [6.07, 6.45) is 3.77. The minimum Gasteiger partial charge on any atom is -0.310 e. The van der Waals surface area contributed by atoms with E-state index in [-0.39, 0.29) is 10.8 Å². The molecule has 0 saturated carbocycles.